The average molecular weight is 282 g/mol. The van der Waals surface area contributed by atoms with Crippen molar-refractivity contribution in [2.24, 2.45) is 0 Å². The second-order valence-corrected chi connectivity index (χ2v) is 5.46. The van der Waals surface area contributed by atoms with E-state index in [0.29, 0.717) is 5.82 Å². The number of imidazole rings is 1. The van der Waals surface area contributed by atoms with E-state index in [2.05, 4.69) is 16.9 Å². The Hall–Kier alpha value is -0.830. The minimum Gasteiger partial charge on any atom is -0.385 e. The van der Waals surface area contributed by atoms with E-state index >= 15 is 0 Å². The van der Waals surface area contributed by atoms with Gasteiger partial charge in [0.25, 0.3) is 0 Å². The average Bonchev–Trinajstić information content (AvgIpc) is 2.95. The highest BCUT2D eigenvalue weighted by Gasteiger charge is 2.08. The van der Waals surface area contributed by atoms with Crippen LogP contribution in [-0.2, 0) is 0 Å². The third-order valence-electron chi connectivity index (χ3n) is 3.67. The highest BCUT2D eigenvalue weighted by molar-refractivity contribution is 4.91. The number of rotatable bonds is 12. The summed E-state index contributed by atoms with van der Waals surface area (Å²) in [5.41, 5.74) is 0. The van der Waals surface area contributed by atoms with E-state index in [-0.39, 0.29) is 7.43 Å². The summed E-state index contributed by atoms with van der Waals surface area (Å²) in [6, 6.07) is 0. The Morgan fingerprint density at radius 2 is 1.55 bits per heavy atom. The number of hydrogen-bond acceptors (Lipinski definition) is 2. The number of nitrogens with one attached hydrogen (secondary N) is 1. The van der Waals surface area contributed by atoms with E-state index in [1.165, 1.54) is 57.8 Å². The maximum Gasteiger partial charge on any atom is 0.134 e. The molecule has 0 aliphatic rings. The lowest BCUT2D eigenvalue weighted by atomic mass is 10.0. The van der Waals surface area contributed by atoms with Gasteiger partial charge in [-0.05, 0) is 6.42 Å². The van der Waals surface area contributed by atoms with E-state index in [4.69, 9.17) is 0 Å². The SMILES string of the molecule is C.CCCCCCCCCCCCC(O)c1ncc[nH]1. The lowest BCUT2D eigenvalue weighted by molar-refractivity contribution is 0.154. The van der Waals surface area contributed by atoms with E-state index in [1.54, 1.807) is 12.4 Å². The molecule has 3 nitrogen and oxygen atoms in total. The molecule has 0 fully saturated rings. The topological polar surface area (TPSA) is 48.9 Å². The van der Waals surface area contributed by atoms with Crippen molar-refractivity contribution < 1.29 is 5.11 Å². The van der Waals surface area contributed by atoms with Gasteiger partial charge in [0.2, 0.25) is 0 Å². The molecule has 118 valence electrons. The lowest BCUT2D eigenvalue weighted by Crippen LogP contribution is -1.99. The molecule has 1 aromatic heterocycles. The fourth-order valence-electron chi connectivity index (χ4n) is 2.42. The quantitative estimate of drug-likeness (QED) is 0.505. The number of aliphatic hydroxyl groups excluding tert-OH is 1. The molecule has 1 unspecified atom stereocenters. The molecular formula is C17H34N2O. The first-order valence-electron chi connectivity index (χ1n) is 8.02. The molecular weight excluding hydrogens is 248 g/mol. The molecule has 3 heteroatoms. The van der Waals surface area contributed by atoms with Crippen LogP contribution in [0.2, 0.25) is 0 Å². The zero-order chi connectivity index (χ0) is 13.8. The van der Waals surface area contributed by atoms with Gasteiger partial charge in [-0.25, -0.2) is 4.98 Å². The van der Waals surface area contributed by atoms with Crippen molar-refractivity contribution in [3.63, 3.8) is 0 Å². The zero-order valence-corrected chi connectivity index (χ0v) is 12.4. The fraction of sp³-hybridized carbons (Fsp3) is 0.824. The molecule has 0 aliphatic carbocycles. The molecule has 0 amide bonds. The largest absolute Gasteiger partial charge is 0.385 e. The Bertz CT molecular complexity index is 285. The van der Waals surface area contributed by atoms with Gasteiger partial charge >= 0.3 is 0 Å². The molecule has 0 aliphatic heterocycles. The van der Waals surface area contributed by atoms with Crippen molar-refractivity contribution in [1.82, 2.24) is 9.97 Å². The first-order valence-corrected chi connectivity index (χ1v) is 8.02. The van der Waals surface area contributed by atoms with Crippen molar-refractivity contribution in [3.05, 3.63) is 18.2 Å². The smallest absolute Gasteiger partial charge is 0.134 e. The highest BCUT2D eigenvalue weighted by Crippen LogP contribution is 2.17. The van der Waals surface area contributed by atoms with Crippen LogP contribution in [0.1, 0.15) is 96.9 Å². The highest BCUT2D eigenvalue weighted by atomic mass is 16.3. The summed E-state index contributed by atoms with van der Waals surface area (Å²) in [4.78, 5) is 7.04. The van der Waals surface area contributed by atoms with Crippen LogP contribution < -0.4 is 0 Å². The fourth-order valence-corrected chi connectivity index (χ4v) is 2.42. The van der Waals surface area contributed by atoms with E-state index in [1.807, 2.05) is 0 Å². The van der Waals surface area contributed by atoms with Crippen LogP contribution in [0.4, 0.5) is 0 Å². The van der Waals surface area contributed by atoms with Gasteiger partial charge in [0.05, 0.1) is 0 Å². The van der Waals surface area contributed by atoms with Gasteiger partial charge in [-0.2, -0.15) is 0 Å². The lowest BCUT2D eigenvalue weighted by Gasteiger charge is -2.07. The van der Waals surface area contributed by atoms with E-state index < -0.39 is 6.10 Å². The summed E-state index contributed by atoms with van der Waals surface area (Å²) in [5.74, 6) is 0.705. The zero-order valence-electron chi connectivity index (χ0n) is 12.4. The first kappa shape index (κ1) is 19.2. The Balaban J connectivity index is 0.00000361. The summed E-state index contributed by atoms with van der Waals surface area (Å²) < 4.78 is 0. The maximum atomic E-state index is 9.84. The Morgan fingerprint density at radius 1 is 1.00 bits per heavy atom. The molecule has 1 atom stereocenters. The Labute approximate surface area is 125 Å². The number of aliphatic hydroxyl groups is 1. The molecule has 0 aromatic carbocycles. The van der Waals surface area contributed by atoms with Crippen molar-refractivity contribution in [2.75, 3.05) is 0 Å². The van der Waals surface area contributed by atoms with Gasteiger partial charge in [0.1, 0.15) is 11.9 Å². The van der Waals surface area contributed by atoms with Gasteiger partial charge in [-0.15, -0.1) is 0 Å². The van der Waals surface area contributed by atoms with Crippen LogP contribution in [0.5, 0.6) is 0 Å². The monoisotopic (exact) mass is 282 g/mol. The molecule has 0 saturated carbocycles. The first-order chi connectivity index (χ1) is 9.34. The normalized spacial score (nSPS) is 12.1. The third kappa shape index (κ3) is 9.13. The molecule has 0 bridgehead atoms. The van der Waals surface area contributed by atoms with E-state index in [0.717, 1.165) is 12.8 Å². The van der Waals surface area contributed by atoms with Gasteiger partial charge in [-0.1, -0.05) is 78.6 Å². The standard InChI is InChI=1S/C16H30N2O.CH4/c1-2-3-4-5-6-7-8-9-10-11-12-15(19)16-17-13-14-18-16;/h13-15,19H,2-12H2,1H3,(H,17,18);1H4. The second-order valence-electron chi connectivity index (χ2n) is 5.46. The predicted octanol–water partition coefficient (Wildman–Crippen LogP) is 5.39. The van der Waals surface area contributed by atoms with E-state index in [9.17, 15) is 5.11 Å². The van der Waals surface area contributed by atoms with Crippen LogP contribution in [0, 0.1) is 0 Å². The van der Waals surface area contributed by atoms with Crippen molar-refractivity contribution >= 4 is 0 Å². The van der Waals surface area contributed by atoms with Crippen molar-refractivity contribution in [2.45, 2.75) is 91.1 Å². The molecule has 2 N–H and O–H groups in total. The van der Waals surface area contributed by atoms with Crippen LogP contribution in [0.25, 0.3) is 0 Å². The summed E-state index contributed by atoms with van der Waals surface area (Å²) in [5, 5.41) is 9.84. The third-order valence-corrected chi connectivity index (χ3v) is 3.67. The molecule has 0 spiro atoms. The summed E-state index contributed by atoms with van der Waals surface area (Å²) in [6.07, 6.45) is 17.2. The van der Waals surface area contributed by atoms with Crippen LogP contribution in [0.3, 0.4) is 0 Å². The molecule has 1 heterocycles. The Morgan fingerprint density at radius 3 is 2.05 bits per heavy atom. The maximum absolute atomic E-state index is 9.84. The number of nitrogens with zero attached hydrogens (tertiary/aromatic N) is 1. The minimum absolute atomic E-state index is 0. The van der Waals surface area contributed by atoms with Gasteiger partial charge in [0, 0.05) is 12.4 Å². The van der Waals surface area contributed by atoms with Crippen LogP contribution >= 0.6 is 0 Å². The molecule has 1 aromatic rings. The predicted molar refractivity (Wildman–Crippen MR) is 86.7 cm³/mol. The molecule has 0 saturated heterocycles. The number of H-pyrrole nitrogens is 1. The summed E-state index contributed by atoms with van der Waals surface area (Å²) in [7, 11) is 0. The number of aromatic amines is 1. The van der Waals surface area contributed by atoms with Gasteiger partial charge in [-0.3, -0.25) is 0 Å². The molecule has 20 heavy (non-hydrogen) atoms. The van der Waals surface area contributed by atoms with Crippen molar-refractivity contribution in [3.8, 4) is 0 Å². The van der Waals surface area contributed by atoms with Crippen molar-refractivity contribution in [1.29, 1.82) is 0 Å². The second kappa shape index (κ2) is 13.2. The number of unbranched alkanes of at least 4 members (excludes halogenated alkanes) is 9. The molecule has 0 radical (unpaired) electrons. The van der Waals surface area contributed by atoms with Gasteiger partial charge < -0.3 is 10.1 Å². The number of hydrogen-bond donors (Lipinski definition) is 2. The van der Waals surface area contributed by atoms with Gasteiger partial charge in [0.15, 0.2) is 0 Å². The number of aromatic nitrogens is 2. The summed E-state index contributed by atoms with van der Waals surface area (Å²) in [6.45, 7) is 2.26. The molecule has 1 rings (SSSR count). The van der Waals surface area contributed by atoms with Crippen LogP contribution in [-0.4, -0.2) is 15.1 Å². The summed E-state index contributed by atoms with van der Waals surface area (Å²) >= 11 is 0. The van der Waals surface area contributed by atoms with Crippen LogP contribution in [0.15, 0.2) is 12.4 Å². The minimum atomic E-state index is -0.413. The Kier molecular flexibility index (Phi) is 12.6.